The van der Waals surface area contributed by atoms with Gasteiger partial charge in [-0.15, -0.1) is 5.10 Å². The molecule has 0 saturated carbocycles. The lowest BCUT2D eigenvalue weighted by Gasteiger charge is -2.36. The van der Waals surface area contributed by atoms with Crippen LogP contribution in [0.3, 0.4) is 0 Å². The number of non-ortho nitro benzene ring substituents is 1. The minimum Gasteiger partial charge on any atom is -0.508 e. The number of benzene rings is 2. The third kappa shape index (κ3) is 4.02. The van der Waals surface area contributed by atoms with E-state index in [0.29, 0.717) is 48.3 Å². The van der Waals surface area contributed by atoms with Crippen LogP contribution in [0.1, 0.15) is 16.2 Å². The molecule has 1 saturated heterocycles. The van der Waals surface area contributed by atoms with Crippen molar-refractivity contribution in [3.05, 3.63) is 69.0 Å². The lowest BCUT2D eigenvalue weighted by molar-refractivity contribution is -0.384. The second kappa shape index (κ2) is 8.23. The highest BCUT2D eigenvalue weighted by Gasteiger charge is 2.27. The van der Waals surface area contributed by atoms with E-state index < -0.39 is 4.92 Å². The number of aromatic hydroxyl groups is 1. The number of phenolic OH excluding ortho intramolecular Hbond substituents is 1. The highest BCUT2D eigenvalue weighted by molar-refractivity contribution is 6.33. The summed E-state index contributed by atoms with van der Waals surface area (Å²) in [5.41, 5.74) is 2.22. The summed E-state index contributed by atoms with van der Waals surface area (Å²) in [4.78, 5) is 27.1. The number of rotatable bonds is 4. The summed E-state index contributed by atoms with van der Waals surface area (Å²) in [5.74, 6) is -0.0687. The topological polar surface area (TPSA) is 118 Å². The molecule has 0 aliphatic carbocycles. The van der Waals surface area contributed by atoms with Crippen LogP contribution in [0.25, 0.3) is 5.69 Å². The van der Waals surface area contributed by atoms with E-state index in [-0.39, 0.29) is 23.0 Å². The van der Waals surface area contributed by atoms with E-state index in [4.69, 9.17) is 11.6 Å². The molecule has 11 heteroatoms. The first-order chi connectivity index (χ1) is 14.8. The van der Waals surface area contributed by atoms with Crippen molar-refractivity contribution in [2.75, 3.05) is 31.1 Å². The molecule has 0 radical (unpaired) electrons. The normalized spacial score (nSPS) is 14.0. The van der Waals surface area contributed by atoms with E-state index in [0.717, 1.165) is 0 Å². The van der Waals surface area contributed by atoms with Crippen LogP contribution in [-0.4, -0.2) is 62.0 Å². The Kier molecular flexibility index (Phi) is 5.47. The molecule has 1 amide bonds. The van der Waals surface area contributed by atoms with E-state index in [9.17, 15) is 20.0 Å². The van der Waals surface area contributed by atoms with E-state index >= 15 is 0 Å². The van der Waals surface area contributed by atoms with Crippen LogP contribution >= 0.6 is 11.6 Å². The monoisotopic (exact) mass is 442 g/mol. The van der Waals surface area contributed by atoms with Gasteiger partial charge in [0.25, 0.3) is 11.6 Å². The predicted molar refractivity (Wildman–Crippen MR) is 114 cm³/mol. The number of halogens is 1. The fraction of sp³-hybridized carbons (Fsp3) is 0.250. The van der Waals surface area contributed by atoms with E-state index in [1.807, 2.05) is 4.90 Å². The molecule has 1 aromatic heterocycles. The molecule has 10 nitrogen and oxygen atoms in total. The first kappa shape index (κ1) is 20.6. The Hall–Kier alpha value is -3.66. The second-order valence-corrected chi connectivity index (χ2v) is 7.53. The minimum absolute atomic E-state index is 0.0604. The van der Waals surface area contributed by atoms with Crippen molar-refractivity contribution in [3.8, 4) is 11.4 Å². The van der Waals surface area contributed by atoms with Gasteiger partial charge < -0.3 is 14.9 Å². The SMILES string of the molecule is Cc1c(C(=O)N2CCN(c3ccc([N+](=O)[O-])cc3Cl)CC2)nnn1-c1ccc(O)cc1. The molecule has 1 fully saturated rings. The van der Waals surface area contributed by atoms with Gasteiger partial charge in [-0.3, -0.25) is 14.9 Å². The molecule has 3 aromatic rings. The van der Waals surface area contributed by atoms with Gasteiger partial charge in [-0.05, 0) is 37.3 Å². The number of nitro benzene ring substituents is 1. The van der Waals surface area contributed by atoms with Gasteiger partial charge in [0.2, 0.25) is 0 Å². The summed E-state index contributed by atoms with van der Waals surface area (Å²) < 4.78 is 1.56. The molecule has 0 atom stereocenters. The Morgan fingerprint density at radius 1 is 1.13 bits per heavy atom. The minimum atomic E-state index is -0.486. The van der Waals surface area contributed by atoms with Gasteiger partial charge in [0.05, 0.1) is 27.0 Å². The van der Waals surface area contributed by atoms with Crippen LogP contribution in [0.4, 0.5) is 11.4 Å². The van der Waals surface area contributed by atoms with Gasteiger partial charge in [0.1, 0.15) is 5.75 Å². The van der Waals surface area contributed by atoms with Crippen molar-refractivity contribution in [1.29, 1.82) is 0 Å². The molecule has 0 bridgehead atoms. The van der Waals surface area contributed by atoms with E-state index in [2.05, 4.69) is 10.3 Å². The largest absolute Gasteiger partial charge is 0.508 e. The van der Waals surface area contributed by atoms with Crippen molar-refractivity contribution in [2.45, 2.75) is 6.92 Å². The smallest absolute Gasteiger partial charge is 0.276 e. The lowest BCUT2D eigenvalue weighted by atomic mass is 10.2. The molecule has 1 aliphatic heterocycles. The lowest BCUT2D eigenvalue weighted by Crippen LogP contribution is -2.49. The average Bonchev–Trinajstić information content (AvgIpc) is 3.15. The number of carbonyl (C=O) groups excluding carboxylic acids is 1. The van der Waals surface area contributed by atoms with Crippen LogP contribution in [0, 0.1) is 17.0 Å². The van der Waals surface area contributed by atoms with Crippen molar-refractivity contribution >= 4 is 28.9 Å². The first-order valence-corrected chi connectivity index (χ1v) is 9.93. The number of nitrogens with zero attached hydrogens (tertiary/aromatic N) is 6. The van der Waals surface area contributed by atoms with Crippen LogP contribution in [0.15, 0.2) is 42.5 Å². The molecule has 1 aliphatic rings. The maximum absolute atomic E-state index is 13.0. The van der Waals surface area contributed by atoms with Gasteiger partial charge in [0, 0.05) is 38.3 Å². The molecule has 0 unspecified atom stereocenters. The number of anilines is 1. The summed E-state index contributed by atoms with van der Waals surface area (Å²) >= 11 is 6.23. The number of carbonyl (C=O) groups is 1. The molecule has 2 aromatic carbocycles. The molecule has 0 spiro atoms. The number of aromatic nitrogens is 3. The molecular formula is C20H19ClN6O4. The number of hydrogen-bond acceptors (Lipinski definition) is 7. The van der Waals surface area contributed by atoms with E-state index in [1.54, 1.807) is 46.8 Å². The summed E-state index contributed by atoms with van der Waals surface area (Å²) in [6, 6.07) is 10.9. The zero-order valence-corrected chi connectivity index (χ0v) is 17.4. The highest BCUT2D eigenvalue weighted by atomic mass is 35.5. The molecule has 31 heavy (non-hydrogen) atoms. The van der Waals surface area contributed by atoms with Crippen molar-refractivity contribution < 1.29 is 14.8 Å². The quantitative estimate of drug-likeness (QED) is 0.487. The summed E-state index contributed by atoms with van der Waals surface area (Å²) in [6.45, 7) is 3.76. The van der Waals surface area contributed by atoms with Crippen molar-refractivity contribution in [1.82, 2.24) is 19.9 Å². The molecule has 1 N–H and O–H groups in total. The Morgan fingerprint density at radius 3 is 2.42 bits per heavy atom. The molecular weight excluding hydrogens is 424 g/mol. The van der Waals surface area contributed by atoms with E-state index in [1.165, 1.54) is 12.1 Å². The van der Waals surface area contributed by atoms with Crippen LogP contribution in [0.2, 0.25) is 5.02 Å². The Labute approximate surface area is 182 Å². The van der Waals surface area contributed by atoms with Crippen molar-refractivity contribution in [2.24, 2.45) is 0 Å². The number of hydrogen-bond donors (Lipinski definition) is 1. The average molecular weight is 443 g/mol. The number of phenols is 1. The molecule has 4 rings (SSSR count). The number of nitro groups is 1. The number of piperazine rings is 1. The summed E-state index contributed by atoms with van der Waals surface area (Å²) in [7, 11) is 0. The molecule has 2 heterocycles. The fourth-order valence-electron chi connectivity index (χ4n) is 3.53. The third-order valence-corrected chi connectivity index (χ3v) is 5.54. The van der Waals surface area contributed by atoms with Crippen LogP contribution < -0.4 is 4.90 Å². The Bertz CT molecular complexity index is 1140. The molecule has 160 valence electrons. The third-order valence-electron chi connectivity index (χ3n) is 5.24. The van der Waals surface area contributed by atoms with Gasteiger partial charge in [-0.25, -0.2) is 4.68 Å². The first-order valence-electron chi connectivity index (χ1n) is 9.55. The van der Waals surface area contributed by atoms with Crippen molar-refractivity contribution in [3.63, 3.8) is 0 Å². The number of amides is 1. The standard InChI is InChI=1S/C20H19ClN6O4/c1-13-19(22-23-26(13)14-2-5-16(28)6-3-14)20(29)25-10-8-24(9-11-25)18-7-4-15(27(30)31)12-17(18)21/h2-7,12,28H,8-11H2,1H3. The van der Waals surface area contributed by atoms with Gasteiger partial charge in [-0.2, -0.15) is 0 Å². The van der Waals surface area contributed by atoms with Crippen LogP contribution in [0.5, 0.6) is 5.75 Å². The zero-order chi connectivity index (χ0) is 22.1. The van der Waals surface area contributed by atoms with Gasteiger partial charge in [-0.1, -0.05) is 16.8 Å². The summed E-state index contributed by atoms with van der Waals surface area (Å²) in [6.07, 6.45) is 0. The Balaban J connectivity index is 1.45. The predicted octanol–water partition coefficient (Wildman–Crippen LogP) is 2.81. The maximum Gasteiger partial charge on any atom is 0.276 e. The van der Waals surface area contributed by atoms with Gasteiger partial charge >= 0.3 is 0 Å². The van der Waals surface area contributed by atoms with Crippen LogP contribution in [-0.2, 0) is 0 Å². The fourth-order valence-corrected chi connectivity index (χ4v) is 3.83. The Morgan fingerprint density at radius 2 is 1.81 bits per heavy atom. The summed E-state index contributed by atoms with van der Waals surface area (Å²) in [5, 5.41) is 28.8. The highest BCUT2D eigenvalue weighted by Crippen LogP contribution is 2.30. The zero-order valence-electron chi connectivity index (χ0n) is 16.6. The maximum atomic E-state index is 13.0. The van der Waals surface area contributed by atoms with Gasteiger partial charge in [0.15, 0.2) is 5.69 Å². The second-order valence-electron chi connectivity index (χ2n) is 7.12.